The Balaban J connectivity index is 1.64. The maximum atomic E-state index is 12.8. The van der Waals surface area contributed by atoms with Crippen molar-refractivity contribution in [1.82, 2.24) is 10.6 Å². The van der Waals surface area contributed by atoms with Gasteiger partial charge in [0, 0.05) is 18.8 Å². The molecule has 1 atom stereocenters. The molecule has 142 valence electrons. The van der Waals surface area contributed by atoms with Crippen LogP contribution in [0.3, 0.4) is 0 Å². The SMILES string of the molecule is O=C(NCC(F)F)[C@H](Nc1ccc2c(c1)CNC2)c1cccc2c1CCC2. The van der Waals surface area contributed by atoms with E-state index in [1.165, 1.54) is 22.3 Å². The van der Waals surface area contributed by atoms with Gasteiger partial charge >= 0.3 is 0 Å². The Kier molecular flexibility index (Phi) is 5.07. The van der Waals surface area contributed by atoms with Gasteiger partial charge in [0.1, 0.15) is 6.04 Å². The summed E-state index contributed by atoms with van der Waals surface area (Å²) in [5.41, 5.74) is 6.58. The van der Waals surface area contributed by atoms with Crippen molar-refractivity contribution < 1.29 is 13.6 Å². The summed E-state index contributed by atoms with van der Waals surface area (Å²) in [4.78, 5) is 12.8. The van der Waals surface area contributed by atoms with E-state index in [2.05, 4.69) is 22.0 Å². The molecular formula is C21H23F2N3O. The highest BCUT2D eigenvalue weighted by molar-refractivity contribution is 5.86. The number of fused-ring (bicyclic) bond motifs is 2. The lowest BCUT2D eigenvalue weighted by atomic mass is 9.96. The number of carbonyl (C=O) groups is 1. The van der Waals surface area contributed by atoms with Crippen molar-refractivity contribution in [3.63, 3.8) is 0 Å². The smallest absolute Gasteiger partial charge is 0.255 e. The van der Waals surface area contributed by atoms with Gasteiger partial charge < -0.3 is 16.0 Å². The zero-order valence-corrected chi connectivity index (χ0v) is 15.0. The van der Waals surface area contributed by atoms with Gasteiger partial charge in [-0.05, 0) is 59.2 Å². The van der Waals surface area contributed by atoms with Gasteiger partial charge in [0.25, 0.3) is 6.43 Å². The van der Waals surface area contributed by atoms with Crippen LogP contribution in [-0.2, 0) is 30.7 Å². The summed E-state index contributed by atoms with van der Waals surface area (Å²) in [5.74, 6) is -0.422. The molecule has 1 amide bonds. The summed E-state index contributed by atoms with van der Waals surface area (Å²) in [6.45, 7) is 1.01. The number of nitrogens with one attached hydrogen (secondary N) is 3. The number of aryl methyl sites for hydroxylation is 1. The van der Waals surface area contributed by atoms with Crippen LogP contribution in [0, 0.1) is 0 Å². The number of carbonyl (C=O) groups excluding carboxylic acids is 1. The lowest BCUT2D eigenvalue weighted by Gasteiger charge is -2.23. The highest BCUT2D eigenvalue weighted by atomic mass is 19.3. The Morgan fingerprint density at radius 1 is 1.07 bits per heavy atom. The van der Waals surface area contributed by atoms with Crippen LogP contribution in [-0.4, -0.2) is 18.9 Å². The quantitative estimate of drug-likeness (QED) is 0.730. The maximum Gasteiger partial charge on any atom is 0.255 e. The van der Waals surface area contributed by atoms with E-state index in [1.54, 1.807) is 0 Å². The van der Waals surface area contributed by atoms with Crippen LogP contribution in [0.5, 0.6) is 0 Å². The van der Waals surface area contributed by atoms with Crippen molar-refractivity contribution in [2.45, 2.75) is 44.8 Å². The van der Waals surface area contributed by atoms with Crippen LogP contribution in [0.25, 0.3) is 0 Å². The topological polar surface area (TPSA) is 53.2 Å². The second-order valence-corrected chi connectivity index (χ2v) is 7.14. The standard InChI is InChI=1S/C21H23F2N3O/c22-19(23)12-25-21(27)20(18-6-2-4-13-3-1-5-17(13)18)26-16-8-7-14-10-24-11-15(14)9-16/h2,4,6-9,19-20,24,26H,1,3,5,10-12H2,(H,25,27)/t20-/m1/s1. The van der Waals surface area contributed by atoms with E-state index >= 15 is 0 Å². The van der Waals surface area contributed by atoms with Crippen LogP contribution in [0.15, 0.2) is 36.4 Å². The minimum Gasteiger partial charge on any atom is -0.370 e. The Morgan fingerprint density at radius 2 is 1.93 bits per heavy atom. The zero-order valence-electron chi connectivity index (χ0n) is 15.0. The second-order valence-electron chi connectivity index (χ2n) is 7.14. The summed E-state index contributed by atoms with van der Waals surface area (Å²) in [6.07, 6.45) is 0.406. The first-order chi connectivity index (χ1) is 13.1. The van der Waals surface area contributed by atoms with E-state index in [0.29, 0.717) is 0 Å². The van der Waals surface area contributed by atoms with Crippen molar-refractivity contribution in [2.75, 3.05) is 11.9 Å². The molecule has 0 unspecified atom stereocenters. The first kappa shape index (κ1) is 17.9. The molecular weight excluding hydrogens is 348 g/mol. The molecule has 0 bridgehead atoms. The van der Waals surface area contributed by atoms with Gasteiger partial charge in [0.2, 0.25) is 5.91 Å². The summed E-state index contributed by atoms with van der Waals surface area (Å²) >= 11 is 0. The highest BCUT2D eigenvalue weighted by Gasteiger charge is 2.27. The largest absolute Gasteiger partial charge is 0.370 e. The Labute approximate surface area is 157 Å². The van der Waals surface area contributed by atoms with E-state index in [4.69, 9.17) is 0 Å². The number of amides is 1. The number of benzene rings is 2. The molecule has 6 heteroatoms. The summed E-state index contributed by atoms with van der Waals surface area (Å²) in [6, 6.07) is 11.3. The third-order valence-corrected chi connectivity index (χ3v) is 5.33. The van der Waals surface area contributed by atoms with Crippen LogP contribution in [0.2, 0.25) is 0 Å². The number of rotatable bonds is 6. The van der Waals surface area contributed by atoms with Gasteiger partial charge in [-0.15, -0.1) is 0 Å². The van der Waals surface area contributed by atoms with Crippen LogP contribution in [0.1, 0.15) is 40.3 Å². The lowest BCUT2D eigenvalue weighted by molar-refractivity contribution is -0.122. The molecule has 4 nitrogen and oxygen atoms in total. The fraction of sp³-hybridized carbons (Fsp3) is 0.381. The Hall–Kier alpha value is -2.47. The molecule has 1 aliphatic heterocycles. The molecule has 0 saturated heterocycles. The third-order valence-electron chi connectivity index (χ3n) is 5.33. The van der Waals surface area contributed by atoms with E-state index in [-0.39, 0.29) is 0 Å². The first-order valence-corrected chi connectivity index (χ1v) is 9.37. The van der Waals surface area contributed by atoms with Gasteiger partial charge in [-0.2, -0.15) is 0 Å². The first-order valence-electron chi connectivity index (χ1n) is 9.37. The van der Waals surface area contributed by atoms with Gasteiger partial charge in [-0.25, -0.2) is 8.78 Å². The van der Waals surface area contributed by atoms with Crippen molar-refractivity contribution in [3.8, 4) is 0 Å². The normalized spacial score (nSPS) is 16.1. The third kappa shape index (κ3) is 3.81. The molecule has 2 aromatic carbocycles. The molecule has 0 aromatic heterocycles. The minimum absolute atomic E-state index is 0.422. The molecule has 4 rings (SSSR count). The molecule has 0 saturated carbocycles. The Bertz CT molecular complexity index is 853. The van der Waals surface area contributed by atoms with E-state index in [0.717, 1.165) is 43.6 Å². The van der Waals surface area contributed by atoms with Crippen molar-refractivity contribution in [3.05, 3.63) is 64.2 Å². The second kappa shape index (κ2) is 7.64. The Morgan fingerprint density at radius 3 is 2.78 bits per heavy atom. The maximum absolute atomic E-state index is 12.8. The molecule has 0 fully saturated rings. The summed E-state index contributed by atoms with van der Waals surface area (Å²) in [5, 5.41) is 8.97. The minimum atomic E-state index is -2.57. The molecule has 2 aromatic rings. The molecule has 27 heavy (non-hydrogen) atoms. The average Bonchev–Trinajstić information content (AvgIpc) is 3.32. The monoisotopic (exact) mass is 371 g/mol. The van der Waals surface area contributed by atoms with E-state index < -0.39 is 24.9 Å². The summed E-state index contributed by atoms with van der Waals surface area (Å²) in [7, 11) is 0. The molecule has 3 N–H and O–H groups in total. The van der Waals surface area contributed by atoms with Gasteiger partial charge in [0.05, 0.1) is 6.54 Å². The summed E-state index contributed by atoms with van der Waals surface area (Å²) < 4.78 is 25.2. The number of hydrogen-bond acceptors (Lipinski definition) is 3. The van der Waals surface area contributed by atoms with Crippen LogP contribution >= 0.6 is 0 Å². The lowest BCUT2D eigenvalue weighted by Crippen LogP contribution is -2.36. The van der Waals surface area contributed by atoms with Crippen molar-refractivity contribution in [1.29, 1.82) is 0 Å². The molecule has 1 heterocycles. The van der Waals surface area contributed by atoms with Crippen LogP contribution in [0.4, 0.5) is 14.5 Å². The van der Waals surface area contributed by atoms with Gasteiger partial charge in [-0.3, -0.25) is 4.79 Å². The van der Waals surface area contributed by atoms with Crippen molar-refractivity contribution in [2.24, 2.45) is 0 Å². The van der Waals surface area contributed by atoms with Crippen molar-refractivity contribution >= 4 is 11.6 Å². The predicted octanol–water partition coefficient (Wildman–Crippen LogP) is 3.31. The number of hydrogen-bond donors (Lipinski definition) is 3. The number of anilines is 1. The fourth-order valence-corrected chi connectivity index (χ4v) is 4.04. The predicted molar refractivity (Wildman–Crippen MR) is 101 cm³/mol. The molecule has 0 spiro atoms. The molecule has 2 aliphatic rings. The highest BCUT2D eigenvalue weighted by Crippen LogP contribution is 2.32. The van der Waals surface area contributed by atoms with Gasteiger partial charge in [-0.1, -0.05) is 24.3 Å². The van der Waals surface area contributed by atoms with Gasteiger partial charge in [0.15, 0.2) is 0 Å². The molecule has 1 aliphatic carbocycles. The number of alkyl halides is 2. The van der Waals surface area contributed by atoms with E-state index in [9.17, 15) is 13.6 Å². The fourth-order valence-electron chi connectivity index (χ4n) is 4.04. The molecule has 0 radical (unpaired) electrons. The van der Waals surface area contributed by atoms with Crippen LogP contribution < -0.4 is 16.0 Å². The number of halogens is 2. The zero-order chi connectivity index (χ0) is 18.8. The van der Waals surface area contributed by atoms with E-state index in [1.807, 2.05) is 30.3 Å². The average molecular weight is 371 g/mol.